The number of unbranched alkanes of at least 4 members (excludes halogenated alkanes) is 15. The summed E-state index contributed by atoms with van der Waals surface area (Å²) in [5, 5.41) is 0. The number of carbonyl (C=O) groups excluding carboxylic acids is 2. The van der Waals surface area contributed by atoms with Gasteiger partial charge in [0.2, 0.25) is 0 Å². The average Bonchev–Trinajstić information content (AvgIpc) is 3.15. The molecule has 10 heteroatoms. The van der Waals surface area contributed by atoms with Crippen molar-refractivity contribution in [3.63, 3.8) is 0 Å². The third kappa shape index (κ3) is 41.1. The lowest BCUT2D eigenvalue weighted by Gasteiger charge is -2.28. The number of hydrogen-bond donors (Lipinski definition) is 0. The second kappa shape index (κ2) is 38.0. The summed E-state index contributed by atoms with van der Waals surface area (Å²) in [6.45, 7) is 3.99. The minimum absolute atomic E-state index is 0.0457. The van der Waals surface area contributed by atoms with Gasteiger partial charge in [-0.15, -0.1) is 0 Å². The predicted octanol–water partition coefficient (Wildman–Crippen LogP) is 11.6. The highest BCUT2D eigenvalue weighted by Crippen LogP contribution is 2.38. The smallest absolute Gasteiger partial charge is 0.306 e. The largest absolute Gasteiger partial charge is 0.756 e. The Kier molecular flexibility index (Phi) is 36.3. The summed E-state index contributed by atoms with van der Waals surface area (Å²) in [6, 6.07) is 0. The van der Waals surface area contributed by atoms with Crippen molar-refractivity contribution in [3.8, 4) is 0 Å². The Morgan fingerprint density at radius 3 is 1.71 bits per heavy atom. The first kappa shape index (κ1) is 53.5. The van der Waals surface area contributed by atoms with Crippen molar-refractivity contribution in [2.24, 2.45) is 0 Å². The van der Waals surface area contributed by atoms with Crippen molar-refractivity contribution in [2.75, 3.05) is 47.5 Å². The molecule has 0 saturated heterocycles. The van der Waals surface area contributed by atoms with Crippen molar-refractivity contribution < 1.29 is 42.1 Å². The van der Waals surface area contributed by atoms with Crippen LogP contribution in [-0.2, 0) is 32.7 Å². The number of phosphoric ester groups is 1. The maximum atomic E-state index is 12.6. The molecule has 0 heterocycles. The summed E-state index contributed by atoms with van der Waals surface area (Å²) in [7, 11) is 1.11. The standard InChI is InChI=1S/C46H80NO8P/c1-6-8-10-12-14-16-18-20-22-23-25-26-28-30-32-34-36-38-45(48)52-42-44(43-54-56(50,51)53-41-40-47(3,4)5)55-46(49)39-37-35-33-31-29-27-24-21-19-17-15-13-11-9-7-2/h9,11,13,15,17,19,21,24-26,30,32,44H,6-8,10,12,14,16,18,20,22-23,27-29,31,33-43H2,1-5H3/b11-9+,15-13+,19-17+,24-21+,26-25+,32-30+/t44-/m1/s1. The van der Waals surface area contributed by atoms with E-state index in [1.807, 2.05) is 51.5 Å². The summed E-state index contributed by atoms with van der Waals surface area (Å²) < 4.78 is 33.8. The average molecular weight is 806 g/mol. The second-order valence-corrected chi connectivity index (χ2v) is 16.8. The van der Waals surface area contributed by atoms with Crippen LogP contribution >= 0.6 is 7.82 Å². The van der Waals surface area contributed by atoms with E-state index in [9.17, 15) is 19.0 Å². The Hall–Kier alpha value is -2.55. The third-order valence-corrected chi connectivity index (χ3v) is 9.77. The van der Waals surface area contributed by atoms with Gasteiger partial charge in [0, 0.05) is 12.8 Å². The van der Waals surface area contributed by atoms with Gasteiger partial charge in [0.15, 0.2) is 6.10 Å². The van der Waals surface area contributed by atoms with Crippen LogP contribution in [0, 0.1) is 0 Å². The van der Waals surface area contributed by atoms with Gasteiger partial charge in [0.1, 0.15) is 19.8 Å². The maximum absolute atomic E-state index is 12.6. The van der Waals surface area contributed by atoms with E-state index in [0.717, 1.165) is 57.8 Å². The fourth-order valence-corrected chi connectivity index (χ4v) is 6.14. The van der Waals surface area contributed by atoms with Crippen LogP contribution in [0.2, 0.25) is 0 Å². The molecule has 0 fully saturated rings. The van der Waals surface area contributed by atoms with E-state index in [4.69, 9.17) is 18.5 Å². The number of rotatable bonds is 38. The first-order chi connectivity index (χ1) is 27.0. The van der Waals surface area contributed by atoms with Crippen LogP contribution in [0.4, 0.5) is 0 Å². The van der Waals surface area contributed by atoms with Gasteiger partial charge in [-0.25, -0.2) is 0 Å². The van der Waals surface area contributed by atoms with Gasteiger partial charge in [0.05, 0.1) is 27.7 Å². The van der Waals surface area contributed by atoms with Crippen LogP contribution in [-0.4, -0.2) is 70.0 Å². The summed E-state index contributed by atoms with van der Waals surface area (Å²) in [5.41, 5.74) is 0. The summed E-state index contributed by atoms with van der Waals surface area (Å²) in [5.74, 6) is -0.921. The number of carbonyl (C=O) groups is 2. The lowest BCUT2D eigenvalue weighted by Crippen LogP contribution is -2.37. The topological polar surface area (TPSA) is 111 Å². The van der Waals surface area contributed by atoms with Crippen LogP contribution in [0.5, 0.6) is 0 Å². The SMILES string of the molecule is CC/C=C/C=C/C=C/C=C/CCCCCCCC(=O)O[C@H](COC(=O)CCC/C=C/C/C=C/CCCCCCCCCCC)COP(=O)([O-])OCC[N+](C)(C)C. The molecule has 0 aromatic rings. The molecule has 0 aromatic heterocycles. The highest BCUT2D eigenvalue weighted by atomic mass is 31.2. The van der Waals surface area contributed by atoms with Crippen molar-refractivity contribution in [1.29, 1.82) is 0 Å². The molecule has 56 heavy (non-hydrogen) atoms. The number of esters is 2. The zero-order chi connectivity index (χ0) is 41.4. The fraction of sp³-hybridized carbons (Fsp3) is 0.696. The molecule has 0 radical (unpaired) electrons. The van der Waals surface area contributed by atoms with E-state index in [2.05, 4.69) is 56.4 Å². The van der Waals surface area contributed by atoms with Gasteiger partial charge >= 0.3 is 11.9 Å². The van der Waals surface area contributed by atoms with Gasteiger partial charge in [0.25, 0.3) is 7.82 Å². The molecular formula is C46H80NO8P. The third-order valence-electron chi connectivity index (χ3n) is 8.81. The number of phosphoric acid groups is 1. The zero-order valence-electron chi connectivity index (χ0n) is 36.1. The number of ether oxygens (including phenoxy) is 2. The number of allylic oxidation sites excluding steroid dienone is 12. The van der Waals surface area contributed by atoms with Crippen molar-refractivity contribution in [3.05, 3.63) is 72.9 Å². The predicted molar refractivity (Wildman–Crippen MR) is 231 cm³/mol. The normalized spacial score (nSPS) is 14.3. The van der Waals surface area contributed by atoms with E-state index < -0.39 is 32.5 Å². The van der Waals surface area contributed by atoms with E-state index in [1.165, 1.54) is 57.8 Å². The molecule has 0 aliphatic heterocycles. The quantitative estimate of drug-likeness (QED) is 0.0151. The van der Waals surface area contributed by atoms with Crippen LogP contribution in [0.25, 0.3) is 0 Å². The Balaban J connectivity index is 4.48. The van der Waals surface area contributed by atoms with Crippen molar-refractivity contribution in [2.45, 2.75) is 161 Å². The van der Waals surface area contributed by atoms with Crippen molar-refractivity contribution in [1.82, 2.24) is 0 Å². The molecule has 1 unspecified atom stereocenters. The molecule has 0 bridgehead atoms. The fourth-order valence-electron chi connectivity index (χ4n) is 5.41. The summed E-state index contributed by atoms with van der Waals surface area (Å²) in [6.07, 6.45) is 46.5. The molecule has 322 valence electrons. The zero-order valence-corrected chi connectivity index (χ0v) is 36.9. The molecule has 0 spiro atoms. The van der Waals surface area contributed by atoms with Gasteiger partial charge in [-0.3, -0.25) is 14.2 Å². The minimum atomic E-state index is -4.64. The number of hydrogen-bond acceptors (Lipinski definition) is 8. The highest BCUT2D eigenvalue weighted by Gasteiger charge is 2.21. The van der Waals surface area contributed by atoms with E-state index in [-0.39, 0.29) is 26.1 Å². The summed E-state index contributed by atoms with van der Waals surface area (Å²) >= 11 is 0. The second-order valence-electron chi connectivity index (χ2n) is 15.4. The highest BCUT2D eigenvalue weighted by molar-refractivity contribution is 7.45. The molecule has 0 amide bonds. The first-order valence-electron chi connectivity index (χ1n) is 21.7. The lowest BCUT2D eigenvalue weighted by atomic mass is 10.1. The maximum Gasteiger partial charge on any atom is 0.306 e. The van der Waals surface area contributed by atoms with Crippen LogP contribution in [0.3, 0.4) is 0 Å². The molecule has 9 nitrogen and oxygen atoms in total. The van der Waals surface area contributed by atoms with E-state index >= 15 is 0 Å². The Morgan fingerprint density at radius 1 is 0.589 bits per heavy atom. The van der Waals surface area contributed by atoms with Crippen LogP contribution in [0.15, 0.2) is 72.9 Å². The Bertz CT molecular complexity index is 1180. The van der Waals surface area contributed by atoms with Crippen LogP contribution < -0.4 is 4.89 Å². The van der Waals surface area contributed by atoms with E-state index in [0.29, 0.717) is 23.9 Å². The van der Waals surface area contributed by atoms with E-state index in [1.54, 1.807) is 0 Å². The Morgan fingerprint density at radius 2 is 1.11 bits per heavy atom. The number of nitrogens with zero attached hydrogens (tertiary/aromatic N) is 1. The van der Waals surface area contributed by atoms with Gasteiger partial charge < -0.3 is 27.9 Å². The van der Waals surface area contributed by atoms with Crippen molar-refractivity contribution >= 4 is 19.8 Å². The Labute approximate surface area is 342 Å². The van der Waals surface area contributed by atoms with Gasteiger partial charge in [-0.1, -0.05) is 157 Å². The molecule has 0 rings (SSSR count). The lowest BCUT2D eigenvalue weighted by molar-refractivity contribution is -0.870. The molecule has 0 saturated carbocycles. The number of likely N-dealkylation sites (N-methyl/N-ethyl adjacent to an activating group) is 1. The first-order valence-corrected chi connectivity index (χ1v) is 23.2. The van der Waals surface area contributed by atoms with Gasteiger partial charge in [-0.2, -0.15) is 0 Å². The number of quaternary nitrogens is 1. The molecule has 0 aromatic carbocycles. The van der Waals surface area contributed by atoms with Crippen LogP contribution in [0.1, 0.15) is 155 Å². The summed E-state index contributed by atoms with van der Waals surface area (Å²) in [4.78, 5) is 37.5. The molecule has 2 atom stereocenters. The molecule has 0 aliphatic rings. The monoisotopic (exact) mass is 806 g/mol. The molecule has 0 N–H and O–H groups in total. The minimum Gasteiger partial charge on any atom is -0.756 e. The van der Waals surface area contributed by atoms with Gasteiger partial charge in [-0.05, 0) is 57.8 Å². The molecular weight excluding hydrogens is 725 g/mol. The molecule has 0 aliphatic carbocycles.